The molecule has 0 fully saturated rings. The first-order valence-corrected chi connectivity index (χ1v) is 8.03. The van der Waals surface area contributed by atoms with Crippen LogP contribution in [0.5, 0.6) is 0 Å². The Morgan fingerprint density at radius 3 is 2.58 bits per heavy atom. The number of nitrogens with one attached hydrogen (secondary N) is 1. The number of carbonyl (C=O) groups excluding carboxylic acids is 1. The molecule has 6 nitrogen and oxygen atoms in total. The summed E-state index contributed by atoms with van der Waals surface area (Å²) in [5.74, 6) is 0.772. The van der Waals surface area contributed by atoms with Crippen molar-refractivity contribution in [1.29, 1.82) is 5.26 Å². The van der Waals surface area contributed by atoms with Crippen LogP contribution in [0.3, 0.4) is 0 Å². The Morgan fingerprint density at radius 1 is 1.08 bits per heavy atom. The second-order valence-electron chi connectivity index (χ2n) is 5.70. The topological polar surface area (TPSA) is 81.9 Å². The summed E-state index contributed by atoms with van der Waals surface area (Å²) in [7, 11) is 1.88. The van der Waals surface area contributed by atoms with Crippen LogP contribution in [0.4, 0.5) is 17.2 Å². The van der Waals surface area contributed by atoms with E-state index in [1.165, 1.54) is 0 Å². The van der Waals surface area contributed by atoms with Gasteiger partial charge in [0.1, 0.15) is 17.3 Å². The number of hydrogen-bond donors (Lipinski definition) is 1. The number of benzene rings is 2. The molecular weight excluding hydrogens is 326 g/mol. The zero-order chi connectivity index (χ0) is 18.5. The standard InChI is InChI=1S/C20H17N5O/c1-14-22-18(20(26)24-16-8-6-7-15(11-16)13-21)12-19(23-14)25(2)17-9-4-3-5-10-17/h3-12H,1-2H3,(H,24,26). The molecule has 1 heterocycles. The molecule has 128 valence electrons. The summed E-state index contributed by atoms with van der Waals surface area (Å²) in [5, 5.41) is 11.7. The predicted molar refractivity (Wildman–Crippen MR) is 100 cm³/mol. The lowest BCUT2D eigenvalue weighted by molar-refractivity contribution is 0.102. The highest BCUT2D eigenvalue weighted by Gasteiger charge is 2.14. The molecule has 1 amide bonds. The first-order valence-electron chi connectivity index (χ1n) is 8.03. The largest absolute Gasteiger partial charge is 0.329 e. The molecule has 0 aliphatic rings. The van der Waals surface area contributed by atoms with E-state index in [1.54, 1.807) is 37.3 Å². The summed E-state index contributed by atoms with van der Waals surface area (Å²) in [6, 6.07) is 20.2. The number of para-hydroxylation sites is 1. The number of aromatic nitrogens is 2. The van der Waals surface area contributed by atoms with Crippen molar-refractivity contribution in [3.8, 4) is 6.07 Å². The van der Waals surface area contributed by atoms with Crippen LogP contribution in [-0.2, 0) is 0 Å². The third-order valence-corrected chi connectivity index (χ3v) is 3.79. The maximum Gasteiger partial charge on any atom is 0.274 e. The number of rotatable bonds is 4. The van der Waals surface area contributed by atoms with E-state index in [0.717, 1.165) is 5.69 Å². The molecule has 0 spiro atoms. The first-order chi connectivity index (χ1) is 12.6. The molecule has 3 rings (SSSR count). The summed E-state index contributed by atoms with van der Waals surface area (Å²) in [4.78, 5) is 23.1. The van der Waals surface area contributed by atoms with E-state index in [9.17, 15) is 4.79 Å². The molecule has 6 heteroatoms. The van der Waals surface area contributed by atoms with Gasteiger partial charge in [0, 0.05) is 24.5 Å². The van der Waals surface area contributed by atoms with Gasteiger partial charge in [-0.25, -0.2) is 9.97 Å². The number of hydrogen-bond acceptors (Lipinski definition) is 5. The molecule has 0 atom stereocenters. The van der Waals surface area contributed by atoms with Crippen LogP contribution in [0, 0.1) is 18.3 Å². The normalized spacial score (nSPS) is 10.0. The summed E-state index contributed by atoms with van der Waals surface area (Å²) in [6.45, 7) is 1.75. The lowest BCUT2D eigenvalue weighted by Gasteiger charge is -2.19. The van der Waals surface area contributed by atoms with Gasteiger partial charge in [0.2, 0.25) is 0 Å². The molecule has 0 aliphatic carbocycles. The average Bonchev–Trinajstić information content (AvgIpc) is 2.67. The third kappa shape index (κ3) is 3.84. The highest BCUT2D eigenvalue weighted by atomic mass is 16.1. The minimum absolute atomic E-state index is 0.262. The Hall–Kier alpha value is -3.72. The van der Waals surface area contributed by atoms with E-state index < -0.39 is 0 Å². The Balaban J connectivity index is 1.87. The maximum atomic E-state index is 12.6. The molecule has 3 aromatic rings. The summed E-state index contributed by atoms with van der Waals surface area (Å²) < 4.78 is 0. The zero-order valence-corrected chi connectivity index (χ0v) is 14.5. The van der Waals surface area contributed by atoms with Crippen LogP contribution in [0.2, 0.25) is 0 Å². The summed E-state index contributed by atoms with van der Waals surface area (Å²) in [6.07, 6.45) is 0. The summed E-state index contributed by atoms with van der Waals surface area (Å²) >= 11 is 0. The molecule has 1 N–H and O–H groups in total. The maximum absolute atomic E-state index is 12.6. The van der Waals surface area contributed by atoms with Gasteiger partial charge in [0.25, 0.3) is 5.91 Å². The predicted octanol–water partition coefficient (Wildman–Crippen LogP) is 3.68. The molecule has 0 bridgehead atoms. The minimum atomic E-state index is -0.353. The highest BCUT2D eigenvalue weighted by molar-refractivity contribution is 6.03. The second-order valence-corrected chi connectivity index (χ2v) is 5.70. The van der Waals surface area contributed by atoms with Crippen LogP contribution < -0.4 is 10.2 Å². The number of anilines is 3. The number of nitriles is 1. The van der Waals surface area contributed by atoms with Crippen molar-refractivity contribution in [2.45, 2.75) is 6.92 Å². The summed E-state index contributed by atoms with van der Waals surface area (Å²) in [5.41, 5.74) is 2.24. The van der Waals surface area contributed by atoms with Crippen LogP contribution in [0.1, 0.15) is 21.9 Å². The molecule has 0 saturated heterocycles. The van der Waals surface area contributed by atoms with Gasteiger partial charge in [-0.1, -0.05) is 24.3 Å². The third-order valence-electron chi connectivity index (χ3n) is 3.79. The van der Waals surface area contributed by atoms with E-state index in [2.05, 4.69) is 15.3 Å². The van der Waals surface area contributed by atoms with Crippen LogP contribution >= 0.6 is 0 Å². The molecule has 2 aromatic carbocycles. The van der Waals surface area contributed by atoms with Crippen molar-refractivity contribution in [1.82, 2.24) is 9.97 Å². The highest BCUT2D eigenvalue weighted by Crippen LogP contribution is 2.22. The Morgan fingerprint density at radius 2 is 1.85 bits per heavy atom. The van der Waals surface area contributed by atoms with E-state index in [4.69, 9.17) is 5.26 Å². The minimum Gasteiger partial charge on any atom is -0.329 e. The van der Waals surface area contributed by atoms with E-state index >= 15 is 0 Å². The fourth-order valence-corrected chi connectivity index (χ4v) is 2.49. The fourth-order valence-electron chi connectivity index (χ4n) is 2.49. The molecule has 0 radical (unpaired) electrons. The van der Waals surface area contributed by atoms with Crippen molar-refractivity contribution in [2.75, 3.05) is 17.3 Å². The van der Waals surface area contributed by atoms with Gasteiger partial charge < -0.3 is 10.2 Å². The average molecular weight is 343 g/mol. The van der Waals surface area contributed by atoms with Crippen LogP contribution in [-0.4, -0.2) is 22.9 Å². The SMILES string of the molecule is Cc1nc(C(=O)Nc2cccc(C#N)c2)cc(N(C)c2ccccc2)n1. The van der Waals surface area contributed by atoms with Gasteiger partial charge in [0.15, 0.2) is 0 Å². The zero-order valence-electron chi connectivity index (χ0n) is 14.5. The van der Waals surface area contributed by atoms with E-state index in [1.807, 2.05) is 48.3 Å². The molecule has 0 saturated carbocycles. The lowest BCUT2D eigenvalue weighted by Crippen LogP contribution is -2.18. The molecule has 26 heavy (non-hydrogen) atoms. The van der Waals surface area contributed by atoms with Crippen molar-refractivity contribution in [3.05, 3.63) is 77.7 Å². The monoisotopic (exact) mass is 343 g/mol. The number of carbonyl (C=O) groups is 1. The Kier molecular flexibility index (Phi) is 4.90. The van der Waals surface area contributed by atoms with Gasteiger partial charge in [-0.2, -0.15) is 5.26 Å². The second kappa shape index (κ2) is 7.45. The number of amides is 1. The molecular formula is C20H17N5O. The van der Waals surface area contributed by atoms with Crippen LogP contribution in [0.25, 0.3) is 0 Å². The molecule has 0 unspecified atom stereocenters. The van der Waals surface area contributed by atoms with Gasteiger partial charge in [-0.3, -0.25) is 4.79 Å². The Bertz CT molecular complexity index is 979. The van der Waals surface area contributed by atoms with Crippen molar-refractivity contribution in [2.24, 2.45) is 0 Å². The number of nitrogens with zero attached hydrogens (tertiary/aromatic N) is 4. The van der Waals surface area contributed by atoms with Crippen LogP contribution in [0.15, 0.2) is 60.7 Å². The van der Waals surface area contributed by atoms with Gasteiger partial charge in [-0.15, -0.1) is 0 Å². The Labute approximate surface area is 151 Å². The number of aryl methyl sites for hydroxylation is 1. The molecule has 1 aromatic heterocycles. The van der Waals surface area contributed by atoms with Gasteiger partial charge in [-0.05, 0) is 37.3 Å². The first kappa shape index (κ1) is 17.1. The van der Waals surface area contributed by atoms with E-state index in [0.29, 0.717) is 22.9 Å². The van der Waals surface area contributed by atoms with Crippen molar-refractivity contribution >= 4 is 23.1 Å². The van der Waals surface area contributed by atoms with Crippen molar-refractivity contribution < 1.29 is 4.79 Å². The van der Waals surface area contributed by atoms with E-state index in [-0.39, 0.29) is 11.6 Å². The smallest absolute Gasteiger partial charge is 0.274 e. The quantitative estimate of drug-likeness (QED) is 0.781. The molecule has 0 aliphatic heterocycles. The van der Waals surface area contributed by atoms with Gasteiger partial charge >= 0.3 is 0 Å². The van der Waals surface area contributed by atoms with Crippen molar-refractivity contribution in [3.63, 3.8) is 0 Å². The van der Waals surface area contributed by atoms with Gasteiger partial charge in [0.05, 0.1) is 11.6 Å². The lowest BCUT2D eigenvalue weighted by atomic mass is 10.2. The fraction of sp³-hybridized carbons (Fsp3) is 0.100.